The first-order chi connectivity index (χ1) is 10.2. The average molecular weight is 287 g/mol. The van der Waals surface area contributed by atoms with Crippen molar-refractivity contribution in [3.63, 3.8) is 0 Å². The van der Waals surface area contributed by atoms with Crippen molar-refractivity contribution in [1.29, 1.82) is 0 Å². The first-order valence-electron chi connectivity index (χ1n) is 7.19. The highest BCUT2D eigenvalue weighted by atomic mass is 16.5. The van der Waals surface area contributed by atoms with Gasteiger partial charge in [-0.15, -0.1) is 0 Å². The molecule has 5 heteroatoms. The fourth-order valence-electron chi connectivity index (χ4n) is 2.88. The molecular weight excluding hydrogens is 266 g/mol. The van der Waals surface area contributed by atoms with E-state index in [0.29, 0.717) is 0 Å². The Morgan fingerprint density at radius 3 is 2.81 bits per heavy atom. The third kappa shape index (κ3) is 2.61. The molecule has 0 unspecified atom stereocenters. The molecule has 1 N–H and O–H groups in total. The van der Waals surface area contributed by atoms with Gasteiger partial charge in [0, 0.05) is 30.8 Å². The first kappa shape index (κ1) is 13.9. The summed E-state index contributed by atoms with van der Waals surface area (Å²) >= 11 is 0. The Balaban J connectivity index is 1.90. The number of aryl methyl sites for hydroxylation is 1. The van der Waals surface area contributed by atoms with Crippen LogP contribution in [-0.2, 0) is 19.5 Å². The monoisotopic (exact) mass is 287 g/mol. The summed E-state index contributed by atoms with van der Waals surface area (Å²) in [7, 11) is 3.31. The van der Waals surface area contributed by atoms with Gasteiger partial charge in [0.25, 0.3) is 0 Å². The van der Waals surface area contributed by atoms with E-state index in [1.165, 1.54) is 11.3 Å². The molecule has 2 aromatic rings. The molecule has 0 amide bonds. The van der Waals surface area contributed by atoms with Crippen molar-refractivity contribution in [3.8, 4) is 11.5 Å². The van der Waals surface area contributed by atoms with Crippen molar-refractivity contribution in [2.75, 3.05) is 20.8 Å². The van der Waals surface area contributed by atoms with Gasteiger partial charge in [-0.3, -0.25) is 4.68 Å². The van der Waals surface area contributed by atoms with Crippen LogP contribution >= 0.6 is 0 Å². The molecular formula is C16H21N3O2. The van der Waals surface area contributed by atoms with Crippen molar-refractivity contribution < 1.29 is 9.47 Å². The van der Waals surface area contributed by atoms with Gasteiger partial charge in [-0.05, 0) is 24.6 Å². The number of hydrogen-bond donors (Lipinski definition) is 1. The van der Waals surface area contributed by atoms with E-state index in [-0.39, 0.29) is 0 Å². The van der Waals surface area contributed by atoms with Gasteiger partial charge in [0.05, 0.1) is 26.5 Å². The Bertz CT molecular complexity index is 649. The Morgan fingerprint density at radius 1 is 1.24 bits per heavy atom. The van der Waals surface area contributed by atoms with Crippen molar-refractivity contribution in [1.82, 2.24) is 15.1 Å². The van der Waals surface area contributed by atoms with Crippen LogP contribution in [0.4, 0.5) is 0 Å². The van der Waals surface area contributed by atoms with Gasteiger partial charge in [-0.1, -0.05) is 6.07 Å². The van der Waals surface area contributed by atoms with Crippen LogP contribution in [0.3, 0.4) is 0 Å². The molecule has 0 atom stereocenters. The summed E-state index contributed by atoms with van der Waals surface area (Å²) in [6.45, 7) is 4.78. The Kier molecular flexibility index (Phi) is 3.84. The second-order valence-electron chi connectivity index (χ2n) is 5.28. The first-order valence-corrected chi connectivity index (χ1v) is 7.19. The topological polar surface area (TPSA) is 48.3 Å². The number of benzene rings is 1. The largest absolute Gasteiger partial charge is 0.493 e. The predicted molar refractivity (Wildman–Crippen MR) is 81.0 cm³/mol. The average Bonchev–Trinajstić information content (AvgIpc) is 2.84. The lowest BCUT2D eigenvalue weighted by Gasteiger charge is -2.16. The highest BCUT2D eigenvalue weighted by Crippen LogP contribution is 2.28. The van der Waals surface area contributed by atoms with E-state index in [1.54, 1.807) is 14.2 Å². The molecule has 1 aromatic heterocycles. The van der Waals surface area contributed by atoms with E-state index < -0.39 is 0 Å². The quantitative estimate of drug-likeness (QED) is 0.933. The summed E-state index contributed by atoms with van der Waals surface area (Å²) in [5, 5.41) is 8.09. The van der Waals surface area contributed by atoms with Gasteiger partial charge in [0.15, 0.2) is 11.5 Å². The standard InChI is InChI=1S/C16H21N3O2/c1-11-13-9-17-7-6-14(13)19(18-11)10-12-4-5-15(20-2)16(8-12)21-3/h4-5,8,17H,6-7,9-10H2,1-3H3. The van der Waals surface area contributed by atoms with Crippen LogP contribution in [0, 0.1) is 6.92 Å². The fraction of sp³-hybridized carbons (Fsp3) is 0.438. The summed E-state index contributed by atoms with van der Waals surface area (Å²) in [6, 6.07) is 6.02. The molecule has 1 aromatic carbocycles. The maximum atomic E-state index is 5.37. The van der Waals surface area contributed by atoms with E-state index in [9.17, 15) is 0 Å². The van der Waals surface area contributed by atoms with Gasteiger partial charge < -0.3 is 14.8 Å². The number of nitrogens with one attached hydrogen (secondary N) is 1. The van der Waals surface area contributed by atoms with Crippen molar-refractivity contribution >= 4 is 0 Å². The number of fused-ring (bicyclic) bond motifs is 1. The fourth-order valence-corrected chi connectivity index (χ4v) is 2.88. The summed E-state index contributed by atoms with van der Waals surface area (Å²) in [5.74, 6) is 1.51. The maximum absolute atomic E-state index is 5.37. The van der Waals surface area contributed by atoms with Crippen LogP contribution in [0.2, 0.25) is 0 Å². The van der Waals surface area contributed by atoms with E-state index in [0.717, 1.165) is 48.8 Å². The lowest BCUT2D eigenvalue weighted by molar-refractivity contribution is 0.354. The smallest absolute Gasteiger partial charge is 0.161 e. The minimum Gasteiger partial charge on any atom is -0.493 e. The molecule has 21 heavy (non-hydrogen) atoms. The molecule has 5 nitrogen and oxygen atoms in total. The van der Waals surface area contributed by atoms with Gasteiger partial charge in [0.2, 0.25) is 0 Å². The predicted octanol–water partition coefficient (Wildman–Crippen LogP) is 1.90. The van der Waals surface area contributed by atoms with Crippen LogP contribution in [-0.4, -0.2) is 30.5 Å². The van der Waals surface area contributed by atoms with E-state index in [1.807, 2.05) is 12.1 Å². The van der Waals surface area contributed by atoms with Gasteiger partial charge >= 0.3 is 0 Å². The highest BCUT2D eigenvalue weighted by molar-refractivity contribution is 5.43. The normalized spacial score (nSPS) is 13.9. The van der Waals surface area contributed by atoms with Crippen molar-refractivity contribution in [2.45, 2.75) is 26.4 Å². The lowest BCUT2D eigenvalue weighted by Crippen LogP contribution is -2.25. The molecule has 2 heterocycles. The number of nitrogens with zero attached hydrogens (tertiary/aromatic N) is 2. The zero-order chi connectivity index (χ0) is 14.8. The van der Waals surface area contributed by atoms with Crippen LogP contribution in [0.25, 0.3) is 0 Å². The van der Waals surface area contributed by atoms with Gasteiger partial charge in [-0.25, -0.2) is 0 Å². The molecule has 0 fully saturated rings. The summed E-state index contributed by atoms with van der Waals surface area (Å²) in [4.78, 5) is 0. The number of methoxy groups -OCH3 is 2. The molecule has 0 saturated heterocycles. The number of hydrogen-bond acceptors (Lipinski definition) is 4. The van der Waals surface area contributed by atoms with Crippen LogP contribution in [0.5, 0.6) is 11.5 Å². The minimum atomic E-state index is 0.754. The van der Waals surface area contributed by atoms with Crippen molar-refractivity contribution in [3.05, 3.63) is 40.7 Å². The van der Waals surface area contributed by atoms with Gasteiger partial charge in [-0.2, -0.15) is 5.10 Å². The Hall–Kier alpha value is -2.01. The molecule has 0 spiro atoms. The zero-order valence-electron chi connectivity index (χ0n) is 12.8. The van der Waals surface area contributed by atoms with Gasteiger partial charge in [0.1, 0.15) is 0 Å². The summed E-state index contributed by atoms with van der Waals surface area (Å²) < 4.78 is 12.8. The third-order valence-corrected chi connectivity index (χ3v) is 3.99. The minimum absolute atomic E-state index is 0.754. The van der Waals surface area contributed by atoms with Crippen LogP contribution < -0.4 is 14.8 Å². The van der Waals surface area contributed by atoms with Crippen molar-refractivity contribution in [2.24, 2.45) is 0 Å². The summed E-state index contributed by atoms with van der Waals surface area (Å²) in [5.41, 5.74) is 4.98. The highest BCUT2D eigenvalue weighted by Gasteiger charge is 2.18. The molecule has 1 aliphatic heterocycles. The number of aromatic nitrogens is 2. The maximum Gasteiger partial charge on any atom is 0.161 e. The molecule has 0 aliphatic carbocycles. The SMILES string of the molecule is COc1ccc(Cn2nc(C)c3c2CCNC3)cc1OC. The van der Waals surface area contributed by atoms with E-state index >= 15 is 0 Å². The summed E-state index contributed by atoms with van der Waals surface area (Å²) in [6.07, 6.45) is 1.03. The molecule has 0 bridgehead atoms. The van der Waals surface area contributed by atoms with Crippen LogP contribution in [0.15, 0.2) is 18.2 Å². The number of rotatable bonds is 4. The number of ether oxygens (including phenoxy) is 2. The zero-order valence-corrected chi connectivity index (χ0v) is 12.8. The molecule has 112 valence electrons. The molecule has 0 saturated carbocycles. The Morgan fingerprint density at radius 2 is 2.05 bits per heavy atom. The molecule has 3 rings (SSSR count). The second kappa shape index (κ2) is 5.77. The molecule has 1 aliphatic rings. The Labute approximate surface area is 124 Å². The van der Waals surface area contributed by atoms with E-state index in [4.69, 9.17) is 14.6 Å². The van der Waals surface area contributed by atoms with E-state index in [2.05, 4.69) is 23.0 Å². The third-order valence-electron chi connectivity index (χ3n) is 3.99. The molecule has 0 radical (unpaired) electrons. The lowest BCUT2D eigenvalue weighted by atomic mass is 10.1. The van der Waals surface area contributed by atoms with Crippen LogP contribution in [0.1, 0.15) is 22.5 Å². The second-order valence-corrected chi connectivity index (χ2v) is 5.28.